The van der Waals surface area contributed by atoms with Gasteiger partial charge in [-0.2, -0.15) is 0 Å². The molecule has 1 aromatic carbocycles. The minimum atomic E-state index is -0.975. The van der Waals surface area contributed by atoms with E-state index in [1.54, 1.807) is 12.1 Å². The Kier molecular flexibility index (Phi) is 2.78. The summed E-state index contributed by atoms with van der Waals surface area (Å²) >= 11 is 0. The lowest BCUT2D eigenvalue weighted by Gasteiger charge is -2.40. The number of amides is 1. The number of nitrogens with one attached hydrogen (secondary N) is 1. The number of carboxylic acid groups (broad SMARTS) is 1. The maximum absolute atomic E-state index is 13.0. The van der Waals surface area contributed by atoms with Crippen LogP contribution in [0.1, 0.15) is 43.5 Å². The molecule has 5 nitrogen and oxygen atoms in total. The number of carboxylic acids is 1. The summed E-state index contributed by atoms with van der Waals surface area (Å²) in [4.78, 5) is 23.9. The van der Waals surface area contributed by atoms with Crippen molar-refractivity contribution in [3.8, 4) is 0 Å². The van der Waals surface area contributed by atoms with Gasteiger partial charge >= 0.3 is 5.97 Å². The van der Waals surface area contributed by atoms with Gasteiger partial charge in [-0.25, -0.2) is 4.79 Å². The van der Waals surface area contributed by atoms with Crippen molar-refractivity contribution in [2.24, 2.45) is 16.7 Å². The molecule has 4 unspecified atom stereocenters. The molecule has 23 heavy (non-hydrogen) atoms. The van der Waals surface area contributed by atoms with Crippen LogP contribution in [0.3, 0.4) is 0 Å². The maximum Gasteiger partial charge on any atom is 0.335 e. The number of carbonyl (C=O) groups is 2. The van der Waals surface area contributed by atoms with E-state index in [-0.39, 0.29) is 22.3 Å². The Bertz CT molecular complexity index is 699. The van der Waals surface area contributed by atoms with Crippen molar-refractivity contribution in [2.75, 3.05) is 11.9 Å². The first-order valence-electron chi connectivity index (χ1n) is 8.11. The topological polar surface area (TPSA) is 75.6 Å². The predicted octanol–water partition coefficient (Wildman–Crippen LogP) is 2.92. The largest absolute Gasteiger partial charge is 0.478 e. The van der Waals surface area contributed by atoms with Crippen LogP contribution < -0.4 is 5.32 Å². The Balaban J connectivity index is 1.60. The van der Waals surface area contributed by atoms with Crippen LogP contribution >= 0.6 is 0 Å². The van der Waals surface area contributed by atoms with E-state index < -0.39 is 11.6 Å². The molecular weight excluding hydrogens is 294 g/mol. The zero-order valence-electron chi connectivity index (χ0n) is 13.4. The number of rotatable bonds is 3. The van der Waals surface area contributed by atoms with E-state index in [4.69, 9.17) is 9.84 Å². The third-order valence-corrected chi connectivity index (χ3v) is 6.95. The van der Waals surface area contributed by atoms with Gasteiger partial charge in [-0.15, -0.1) is 0 Å². The van der Waals surface area contributed by atoms with Gasteiger partial charge in [0.15, 0.2) is 5.60 Å². The molecule has 122 valence electrons. The molecule has 0 aromatic heterocycles. The highest BCUT2D eigenvalue weighted by Crippen LogP contribution is 2.75. The smallest absolute Gasteiger partial charge is 0.335 e. The highest BCUT2D eigenvalue weighted by Gasteiger charge is 2.78. The molecule has 0 radical (unpaired) electrons. The van der Waals surface area contributed by atoms with E-state index in [1.165, 1.54) is 18.6 Å². The van der Waals surface area contributed by atoms with Crippen molar-refractivity contribution in [2.45, 2.75) is 38.7 Å². The van der Waals surface area contributed by atoms with Gasteiger partial charge in [-0.05, 0) is 49.4 Å². The number of carbonyl (C=O) groups excluding carboxylic acids is 1. The molecule has 4 bridgehead atoms. The second-order valence-corrected chi connectivity index (χ2v) is 7.64. The Morgan fingerprint density at radius 2 is 1.96 bits per heavy atom. The Morgan fingerprint density at radius 3 is 2.52 bits per heavy atom. The fourth-order valence-corrected chi connectivity index (χ4v) is 5.19. The fraction of sp³-hybridized carbons (Fsp3) is 0.556. The quantitative estimate of drug-likeness (QED) is 0.899. The number of ether oxygens (including phenoxy) is 1. The second-order valence-electron chi connectivity index (χ2n) is 7.64. The Morgan fingerprint density at radius 1 is 1.26 bits per heavy atom. The standard InChI is InChI=1S/C18H21NO4/c1-16-10-23-18(9-12(16)7-8-17(16,18)2)15(22)19-13-5-3-11(4-6-13)14(20)21/h3-6,12H,7-10H2,1-2H3,(H,19,22)(H,20,21). The third kappa shape index (κ3) is 1.61. The van der Waals surface area contributed by atoms with Crippen LogP contribution in [0.4, 0.5) is 5.69 Å². The fourth-order valence-electron chi connectivity index (χ4n) is 5.19. The first kappa shape index (κ1) is 14.7. The van der Waals surface area contributed by atoms with E-state index in [0.717, 1.165) is 12.8 Å². The van der Waals surface area contributed by atoms with Crippen molar-refractivity contribution in [3.63, 3.8) is 0 Å². The Labute approximate surface area is 135 Å². The van der Waals surface area contributed by atoms with Gasteiger partial charge in [-0.1, -0.05) is 13.8 Å². The summed E-state index contributed by atoms with van der Waals surface area (Å²) in [5.41, 5.74) is 0.0549. The van der Waals surface area contributed by atoms with Gasteiger partial charge in [0.2, 0.25) is 0 Å². The minimum Gasteiger partial charge on any atom is -0.478 e. The predicted molar refractivity (Wildman–Crippen MR) is 84.3 cm³/mol. The molecule has 2 saturated carbocycles. The number of benzene rings is 1. The van der Waals surface area contributed by atoms with Crippen LogP contribution in [-0.2, 0) is 9.53 Å². The summed E-state index contributed by atoms with van der Waals surface area (Å²) in [5.74, 6) is -0.507. The number of hydrogen-bond acceptors (Lipinski definition) is 3. The zero-order valence-corrected chi connectivity index (χ0v) is 13.4. The van der Waals surface area contributed by atoms with Crippen LogP contribution in [0.25, 0.3) is 0 Å². The lowest BCUT2D eigenvalue weighted by molar-refractivity contribution is -0.149. The highest BCUT2D eigenvalue weighted by molar-refractivity contribution is 5.99. The molecule has 1 aliphatic heterocycles. The lowest BCUT2D eigenvalue weighted by atomic mass is 9.66. The number of aromatic carboxylic acids is 1. The van der Waals surface area contributed by atoms with Crippen molar-refractivity contribution >= 4 is 17.6 Å². The molecule has 2 N–H and O–H groups in total. The van der Waals surface area contributed by atoms with Crippen LogP contribution in [0.15, 0.2) is 24.3 Å². The van der Waals surface area contributed by atoms with Crippen molar-refractivity contribution < 1.29 is 19.4 Å². The zero-order chi connectivity index (χ0) is 16.5. The van der Waals surface area contributed by atoms with E-state index in [1.807, 2.05) is 0 Å². The van der Waals surface area contributed by atoms with E-state index in [0.29, 0.717) is 18.2 Å². The molecule has 0 spiro atoms. The van der Waals surface area contributed by atoms with Gasteiger partial charge in [0.25, 0.3) is 5.91 Å². The Hall–Kier alpha value is -1.88. The van der Waals surface area contributed by atoms with E-state index in [2.05, 4.69) is 19.2 Å². The molecule has 1 aromatic rings. The molecule has 3 aliphatic rings. The first-order valence-corrected chi connectivity index (χ1v) is 8.11. The van der Waals surface area contributed by atoms with Crippen molar-refractivity contribution in [1.82, 2.24) is 0 Å². The summed E-state index contributed by atoms with van der Waals surface area (Å²) in [7, 11) is 0. The summed E-state index contributed by atoms with van der Waals surface area (Å²) in [5, 5.41) is 11.9. The molecule has 5 heteroatoms. The van der Waals surface area contributed by atoms with Crippen molar-refractivity contribution in [3.05, 3.63) is 29.8 Å². The SMILES string of the molecule is CC12COC3(C(=O)Nc4ccc(C(=O)O)cc4)CC1CCC32C. The van der Waals surface area contributed by atoms with E-state index >= 15 is 0 Å². The summed E-state index contributed by atoms with van der Waals surface area (Å²) in [6.45, 7) is 5.11. The lowest BCUT2D eigenvalue weighted by Crippen LogP contribution is -2.52. The van der Waals surface area contributed by atoms with Gasteiger partial charge in [0, 0.05) is 16.5 Å². The second kappa shape index (κ2) is 4.35. The summed E-state index contributed by atoms with van der Waals surface area (Å²) < 4.78 is 6.07. The van der Waals surface area contributed by atoms with Crippen LogP contribution in [0.2, 0.25) is 0 Å². The highest BCUT2D eigenvalue weighted by atomic mass is 16.5. The first-order chi connectivity index (χ1) is 10.8. The molecular formula is C18H21NO4. The van der Waals surface area contributed by atoms with Gasteiger partial charge < -0.3 is 15.2 Å². The molecule has 4 atom stereocenters. The third-order valence-electron chi connectivity index (χ3n) is 6.95. The molecule has 1 saturated heterocycles. The number of anilines is 1. The molecule has 1 heterocycles. The van der Waals surface area contributed by atoms with Crippen molar-refractivity contribution in [1.29, 1.82) is 0 Å². The van der Waals surface area contributed by atoms with E-state index in [9.17, 15) is 9.59 Å². The van der Waals surface area contributed by atoms with Crippen LogP contribution in [0.5, 0.6) is 0 Å². The molecule has 4 rings (SSSR count). The maximum atomic E-state index is 13.0. The molecule has 1 amide bonds. The molecule has 2 aliphatic carbocycles. The summed E-state index contributed by atoms with van der Waals surface area (Å²) in [6, 6.07) is 6.25. The average molecular weight is 315 g/mol. The molecule has 3 fully saturated rings. The van der Waals surface area contributed by atoms with Gasteiger partial charge in [-0.3, -0.25) is 4.79 Å². The van der Waals surface area contributed by atoms with Crippen LogP contribution in [-0.4, -0.2) is 29.2 Å². The summed E-state index contributed by atoms with van der Waals surface area (Å²) in [6.07, 6.45) is 3.00. The number of hydrogen-bond donors (Lipinski definition) is 2. The van der Waals surface area contributed by atoms with Crippen LogP contribution in [0, 0.1) is 16.7 Å². The minimum absolute atomic E-state index is 0.0889. The monoisotopic (exact) mass is 315 g/mol. The average Bonchev–Trinajstić information content (AvgIpc) is 2.99. The van der Waals surface area contributed by atoms with Gasteiger partial charge in [0.1, 0.15) is 0 Å². The normalized spacial score (nSPS) is 40.3. The van der Waals surface area contributed by atoms with Gasteiger partial charge in [0.05, 0.1) is 12.2 Å².